The van der Waals surface area contributed by atoms with Gasteiger partial charge < -0.3 is 10.2 Å². The summed E-state index contributed by atoms with van der Waals surface area (Å²) >= 11 is 5.90. The highest BCUT2D eigenvalue weighted by atomic mass is 35.5. The molecule has 114 valence electrons. The van der Waals surface area contributed by atoms with Crippen molar-refractivity contribution in [3.63, 3.8) is 0 Å². The van der Waals surface area contributed by atoms with Crippen LogP contribution < -0.4 is 10.2 Å². The molecule has 5 heteroatoms. The Kier molecular flexibility index (Phi) is 4.40. The van der Waals surface area contributed by atoms with E-state index in [1.807, 2.05) is 0 Å². The van der Waals surface area contributed by atoms with Crippen LogP contribution in [0.2, 0.25) is 5.02 Å². The lowest BCUT2D eigenvalue weighted by molar-refractivity contribution is -0.114. The van der Waals surface area contributed by atoms with E-state index in [0.29, 0.717) is 22.8 Å². The van der Waals surface area contributed by atoms with Crippen molar-refractivity contribution in [1.82, 2.24) is 5.32 Å². The van der Waals surface area contributed by atoms with Gasteiger partial charge in [0, 0.05) is 17.1 Å². The Balaban J connectivity index is 2.11. The fraction of sp³-hybridized carbons (Fsp3) is 0.500. The smallest absolute Gasteiger partial charge is 0.299 e. The maximum atomic E-state index is 12.1. The zero-order valence-electron chi connectivity index (χ0n) is 12.9. The van der Waals surface area contributed by atoms with Crippen LogP contribution in [0, 0.1) is 5.92 Å². The highest BCUT2D eigenvalue weighted by Crippen LogP contribution is 2.31. The molecule has 0 fully saturated rings. The topological polar surface area (TPSA) is 49.4 Å². The third kappa shape index (κ3) is 3.63. The summed E-state index contributed by atoms with van der Waals surface area (Å²) in [4.78, 5) is 25.7. The molecule has 0 aromatic heterocycles. The first kappa shape index (κ1) is 16.0. The fourth-order valence-electron chi connectivity index (χ4n) is 2.31. The lowest BCUT2D eigenvalue weighted by atomic mass is 10.1. The van der Waals surface area contributed by atoms with E-state index in [-0.39, 0.29) is 11.5 Å². The number of benzene rings is 1. The van der Waals surface area contributed by atoms with Crippen LogP contribution in [0.1, 0.15) is 38.1 Å². The molecular weight excluding hydrogens is 288 g/mol. The number of carbonyl (C=O) groups is 2. The second-order valence-corrected chi connectivity index (χ2v) is 7.08. The normalized spacial score (nSPS) is 16.3. The average Bonchev–Trinajstić information content (AvgIpc) is 2.61. The summed E-state index contributed by atoms with van der Waals surface area (Å²) in [6.45, 7) is 9.65. The third-order valence-electron chi connectivity index (χ3n) is 3.41. The van der Waals surface area contributed by atoms with Crippen LogP contribution in [0.25, 0.3) is 0 Å². The zero-order chi connectivity index (χ0) is 15.8. The second kappa shape index (κ2) is 5.78. The Bertz CT molecular complexity index is 578. The standard InChI is InChI=1S/C16H21ClN2O2/c1-10(8-18-16(2,3)4)9-19-13-6-5-11(17)7-12(13)14(20)15(19)21/h5-7,10,18H,8-9H2,1-4H3. The van der Waals surface area contributed by atoms with Crippen LogP contribution in [0.15, 0.2) is 18.2 Å². The van der Waals surface area contributed by atoms with Gasteiger partial charge in [-0.3, -0.25) is 9.59 Å². The molecule has 1 heterocycles. The van der Waals surface area contributed by atoms with Gasteiger partial charge in [0.2, 0.25) is 0 Å². The van der Waals surface area contributed by atoms with Crippen LogP contribution in [-0.2, 0) is 4.79 Å². The van der Waals surface area contributed by atoms with Gasteiger partial charge in [0.1, 0.15) is 0 Å². The van der Waals surface area contributed by atoms with Gasteiger partial charge >= 0.3 is 0 Å². The van der Waals surface area contributed by atoms with Crippen molar-refractivity contribution in [3.8, 4) is 0 Å². The maximum Gasteiger partial charge on any atom is 0.299 e. The molecule has 2 rings (SSSR count). The van der Waals surface area contributed by atoms with E-state index in [0.717, 1.165) is 6.54 Å². The maximum absolute atomic E-state index is 12.1. The van der Waals surface area contributed by atoms with Crippen LogP contribution in [0.4, 0.5) is 5.69 Å². The molecule has 0 saturated heterocycles. The summed E-state index contributed by atoms with van der Waals surface area (Å²) in [5, 5.41) is 3.88. The first-order chi connectivity index (χ1) is 9.69. The molecule has 1 aromatic carbocycles. The number of anilines is 1. The number of amides is 1. The van der Waals surface area contributed by atoms with Crippen molar-refractivity contribution < 1.29 is 9.59 Å². The van der Waals surface area contributed by atoms with Gasteiger partial charge in [-0.2, -0.15) is 0 Å². The van der Waals surface area contributed by atoms with Crippen LogP contribution in [0.3, 0.4) is 0 Å². The van der Waals surface area contributed by atoms with Crippen LogP contribution >= 0.6 is 11.6 Å². The molecule has 0 spiro atoms. The van der Waals surface area contributed by atoms with Crippen molar-refractivity contribution >= 4 is 29.0 Å². The summed E-state index contributed by atoms with van der Waals surface area (Å²) in [6.07, 6.45) is 0. The van der Waals surface area contributed by atoms with E-state index in [9.17, 15) is 9.59 Å². The van der Waals surface area contributed by atoms with Crippen LogP contribution in [0.5, 0.6) is 0 Å². The summed E-state index contributed by atoms with van der Waals surface area (Å²) < 4.78 is 0. The molecule has 1 amide bonds. The van der Waals surface area contributed by atoms with E-state index in [1.54, 1.807) is 23.1 Å². The third-order valence-corrected chi connectivity index (χ3v) is 3.64. The van der Waals surface area contributed by atoms with Crippen molar-refractivity contribution in [3.05, 3.63) is 28.8 Å². The minimum absolute atomic E-state index is 0.0323. The summed E-state index contributed by atoms with van der Waals surface area (Å²) in [7, 11) is 0. The summed E-state index contributed by atoms with van der Waals surface area (Å²) in [5.74, 6) is -0.694. The second-order valence-electron chi connectivity index (χ2n) is 6.64. The molecule has 0 aliphatic carbocycles. The van der Waals surface area contributed by atoms with Gasteiger partial charge in [-0.15, -0.1) is 0 Å². The van der Waals surface area contributed by atoms with E-state index in [1.165, 1.54) is 0 Å². The van der Waals surface area contributed by atoms with Gasteiger partial charge in [-0.05, 0) is 51.4 Å². The number of rotatable bonds is 4. The minimum Gasteiger partial charge on any atom is -0.312 e. The molecule has 1 N–H and O–H groups in total. The van der Waals surface area contributed by atoms with E-state index in [4.69, 9.17) is 11.6 Å². The first-order valence-electron chi connectivity index (χ1n) is 7.10. The lowest BCUT2D eigenvalue weighted by Crippen LogP contribution is -2.42. The molecular formula is C16H21ClN2O2. The molecule has 0 bridgehead atoms. The fourth-order valence-corrected chi connectivity index (χ4v) is 2.48. The van der Waals surface area contributed by atoms with Gasteiger partial charge in [0.15, 0.2) is 0 Å². The number of carbonyl (C=O) groups excluding carboxylic acids is 2. The van der Waals surface area contributed by atoms with E-state index in [2.05, 4.69) is 33.0 Å². The van der Waals surface area contributed by atoms with Crippen LogP contribution in [-0.4, -0.2) is 30.3 Å². The molecule has 1 atom stereocenters. The quantitative estimate of drug-likeness (QED) is 0.870. The number of hydrogen-bond donors (Lipinski definition) is 1. The Morgan fingerprint density at radius 2 is 1.95 bits per heavy atom. The SMILES string of the molecule is CC(CNC(C)(C)C)CN1C(=O)C(=O)c2cc(Cl)ccc21. The first-order valence-corrected chi connectivity index (χ1v) is 7.47. The molecule has 1 aliphatic rings. The number of halogens is 1. The number of ketones is 1. The minimum atomic E-state index is -0.469. The van der Waals surface area contributed by atoms with Crippen molar-refractivity contribution in [1.29, 1.82) is 0 Å². The van der Waals surface area contributed by atoms with Crippen molar-refractivity contribution in [2.75, 3.05) is 18.0 Å². The zero-order valence-corrected chi connectivity index (χ0v) is 13.6. The van der Waals surface area contributed by atoms with Gasteiger partial charge in [-0.25, -0.2) is 0 Å². The highest BCUT2D eigenvalue weighted by Gasteiger charge is 2.36. The molecule has 1 aromatic rings. The van der Waals surface area contributed by atoms with Gasteiger partial charge in [-0.1, -0.05) is 18.5 Å². The Hall–Kier alpha value is -1.39. The molecule has 4 nitrogen and oxygen atoms in total. The summed E-state index contributed by atoms with van der Waals surface area (Å²) in [6, 6.07) is 5.01. The monoisotopic (exact) mass is 308 g/mol. The number of nitrogens with one attached hydrogen (secondary N) is 1. The largest absolute Gasteiger partial charge is 0.312 e. The number of Topliss-reactive ketones (excluding diaryl/α,β-unsaturated/α-hetero) is 1. The lowest BCUT2D eigenvalue weighted by Gasteiger charge is -2.26. The number of nitrogens with zero attached hydrogens (tertiary/aromatic N) is 1. The van der Waals surface area contributed by atoms with Crippen molar-refractivity contribution in [2.24, 2.45) is 5.92 Å². The van der Waals surface area contributed by atoms with E-state index >= 15 is 0 Å². The molecule has 1 aliphatic heterocycles. The molecule has 21 heavy (non-hydrogen) atoms. The highest BCUT2D eigenvalue weighted by molar-refractivity contribution is 6.52. The average molecular weight is 309 g/mol. The van der Waals surface area contributed by atoms with E-state index < -0.39 is 11.7 Å². The Morgan fingerprint density at radius 3 is 2.57 bits per heavy atom. The molecule has 0 radical (unpaired) electrons. The number of fused-ring (bicyclic) bond motifs is 1. The van der Waals surface area contributed by atoms with Crippen molar-refractivity contribution in [2.45, 2.75) is 33.2 Å². The Labute approximate surface area is 130 Å². The molecule has 0 saturated carbocycles. The predicted octanol–water partition coefficient (Wildman–Crippen LogP) is 2.89. The van der Waals surface area contributed by atoms with Gasteiger partial charge in [0.25, 0.3) is 11.7 Å². The summed E-state index contributed by atoms with van der Waals surface area (Å²) in [5.41, 5.74) is 1.10. The van der Waals surface area contributed by atoms with Gasteiger partial charge in [0.05, 0.1) is 11.3 Å². The number of hydrogen-bond acceptors (Lipinski definition) is 3. The Morgan fingerprint density at radius 1 is 1.29 bits per heavy atom. The predicted molar refractivity (Wildman–Crippen MR) is 85.1 cm³/mol. The molecule has 1 unspecified atom stereocenters.